The van der Waals surface area contributed by atoms with Crippen LogP contribution >= 0.6 is 23.2 Å². The van der Waals surface area contributed by atoms with E-state index in [1.807, 2.05) is 0 Å². The highest BCUT2D eigenvalue weighted by atomic mass is 35.5. The molecule has 190 valence electrons. The number of hydrogen-bond donors (Lipinski definition) is 1. The summed E-state index contributed by atoms with van der Waals surface area (Å²) in [6.45, 7) is 1.23. The summed E-state index contributed by atoms with van der Waals surface area (Å²) < 4.78 is 26.2. The fourth-order valence-electron chi connectivity index (χ4n) is 4.21. The molecule has 7 nitrogen and oxygen atoms in total. The molecule has 0 radical (unpaired) electrons. The molecule has 1 aliphatic rings. The van der Waals surface area contributed by atoms with Gasteiger partial charge in [0, 0.05) is 22.6 Å². The van der Waals surface area contributed by atoms with Gasteiger partial charge in [-0.25, -0.2) is 8.42 Å². The summed E-state index contributed by atoms with van der Waals surface area (Å²) in [5.41, 5.74) is 0.929. The van der Waals surface area contributed by atoms with Crippen molar-refractivity contribution in [2.24, 2.45) is 0 Å². The van der Waals surface area contributed by atoms with Crippen LogP contribution in [0.25, 0.3) is 0 Å². The van der Waals surface area contributed by atoms with Crippen molar-refractivity contribution in [1.82, 2.24) is 10.2 Å². The van der Waals surface area contributed by atoms with Gasteiger partial charge in [-0.15, -0.1) is 0 Å². The molecule has 1 atom stereocenters. The number of benzene rings is 2. The molecule has 1 aliphatic carbocycles. The van der Waals surface area contributed by atoms with E-state index in [4.69, 9.17) is 23.2 Å². The number of halogens is 2. The lowest BCUT2D eigenvalue weighted by Gasteiger charge is -2.33. The summed E-state index contributed by atoms with van der Waals surface area (Å²) in [4.78, 5) is 28.1. The van der Waals surface area contributed by atoms with Gasteiger partial charge >= 0.3 is 0 Å². The molecule has 0 heterocycles. The fraction of sp³-hybridized carbons (Fsp3) is 0.440. The van der Waals surface area contributed by atoms with E-state index in [9.17, 15) is 18.0 Å². The first kappa shape index (κ1) is 27.3. The van der Waals surface area contributed by atoms with Crippen LogP contribution in [0.4, 0.5) is 5.69 Å². The molecule has 1 fully saturated rings. The molecule has 2 aromatic rings. The number of rotatable bonds is 9. The SMILES string of the molecule is C[C@H](C(=O)NC1CCCCC1)N(Cc1ccccc1Cl)C(=O)CN(c1cccc(Cl)c1)S(C)(=O)=O. The van der Waals surface area contributed by atoms with Crippen molar-refractivity contribution in [2.75, 3.05) is 17.1 Å². The van der Waals surface area contributed by atoms with Gasteiger partial charge < -0.3 is 10.2 Å². The molecule has 1 saturated carbocycles. The number of hydrogen-bond acceptors (Lipinski definition) is 4. The predicted molar refractivity (Wildman–Crippen MR) is 140 cm³/mol. The van der Waals surface area contributed by atoms with E-state index in [0.717, 1.165) is 42.7 Å². The molecular formula is C25H31Cl2N3O4S. The van der Waals surface area contributed by atoms with Crippen LogP contribution in [0.3, 0.4) is 0 Å². The first-order valence-corrected chi connectivity index (χ1v) is 14.2. The molecule has 0 bridgehead atoms. The highest BCUT2D eigenvalue weighted by Gasteiger charge is 2.31. The van der Waals surface area contributed by atoms with Gasteiger partial charge in [-0.3, -0.25) is 13.9 Å². The third kappa shape index (κ3) is 7.59. The minimum absolute atomic E-state index is 0.0604. The Bertz CT molecular complexity index is 1150. The number of carbonyl (C=O) groups excluding carboxylic acids is 2. The molecule has 0 spiro atoms. The first-order valence-electron chi connectivity index (χ1n) is 11.6. The summed E-state index contributed by atoms with van der Waals surface area (Å²) in [6.07, 6.45) is 6.12. The normalized spacial score (nSPS) is 15.3. The average molecular weight is 541 g/mol. The molecule has 2 aromatic carbocycles. The predicted octanol–water partition coefficient (Wildman–Crippen LogP) is 4.63. The van der Waals surface area contributed by atoms with E-state index in [1.165, 1.54) is 11.0 Å². The van der Waals surface area contributed by atoms with Crippen molar-refractivity contribution >= 4 is 50.7 Å². The van der Waals surface area contributed by atoms with Crippen molar-refractivity contribution in [2.45, 2.75) is 57.7 Å². The molecule has 35 heavy (non-hydrogen) atoms. The second kappa shape index (κ2) is 12.1. The van der Waals surface area contributed by atoms with Crippen molar-refractivity contribution in [3.63, 3.8) is 0 Å². The maximum absolute atomic E-state index is 13.6. The Hall–Kier alpha value is -2.29. The Morgan fingerprint density at radius 3 is 2.37 bits per heavy atom. The second-order valence-electron chi connectivity index (χ2n) is 8.88. The third-order valence-corrected chi connectivity index (χ3v) is 7.94. The van der Waals surface area contributed by atoms with Crippen LogP contribution < -0.4 is 9.62 Å². The van der Waals surface area contributed by atoms with Gasteiger partial charge in [-0.1, -0.05) is 66.7 Å². The monoisotopic (exact) mass is 539 g/mol. The minimum Gasteiger partial charge on any atom is -0.352 e. The number of anilines is 1. The Balaban J connectivity index is 1.88. The van der Waals surface area contributed by atoms with Crippen molar-refractivity contribution in [3.05, 3.63) is 64.1 Å². The largest absolute Gasteiger partial charge is 0.352 e. The number of nitrogens with one attached hydrogen (secondary N) is 1. The van der Waals surface area contributed by atoms with Gasteiger partial charge in [0.15, 0.2) is 0 Å². The molecule has 0 aliphatic heterocycles. The van der Waals surface area contributed by atoms with Gasteiger partial charge in [0.05, 0.1) is 11.9 Å². The van der Waals surface area contributed by atoms with Crippen LogP contribution in [0.5, 0.6) is 0 Å². The van der Waals surface area contributed by atoms with Gasteiger partial charge in [0.25, 0.3) is 0 Å². The molecule has 3 rings (SSSR count). The van der Waals surface area contributed by atoms with E-state index < -0.39 is 28.5 Å². The summed E-state index contributed by atoms with van der Waals surface area (Å²) >= 11 is 12.4. The Labute approximate surface area is 217 Å². The van der Waals surface area contributed by atoms with Crippen LogP contribution in [0.2, 0.25) is 10.0 Å². The smallest absolute Gasteiger partial charge is 0.244 e. The minimum atomic E-state index is -3.81. The van der Waals surface area contributed by atoms with Crippen LogP contribution in [-0.4, -0.2) is 50.0 Å². The Morgan fingerprint density at radius 2 is 1.74 bits per heavy atom. The zero-order valence-electron chi connectivity index (χ0n) is 19.9. The maximum atomic E-state index is 13.6. The fourth-order valence-corrected chi connectivity index (χ4v) is 5.43. The van der Waals surface area contributed by atoms with E-state index in [2.05, 4.69) is 5.32 Å². The Kier molecular flexibility index (Phi) is 9.44. The lowest BCUT2D eigenvalue weighted by Crippen LogP contribution is -2.53. The molecule has 0 unspecified atom stereocenters. The summed E-state index contributed by atoms with van der Waals surface area (Å²) in [7, 11) is -3.81. The van der Waals surface area contributed by atoms with E-state index in [-0.39, 0.29) is 24.2 Å². The zero-order valence-corrected chi connectivity index (χ0v) is 22.2. The van der Waals surface area contributed by atoms with Gasteiger partial charge in [-0.05, 0) is 49.6 Å². The molecule has 1 N–H and O–H groups in total. The quantitative estimate of drug-likeness (QED) is 0.503. The zero-order chi connectivity index (χ0) is 25.6. The van der Waals surface area contributed by atoms with Gasteiger partial charge in [0.1, 0.15) is 12.6 Å². The lowest BCUT2D eigenvalue weighted by molar-refractivity contribution is -0.139. The summed E-state index contributed by atoms with van der Waals surface area (Å²) in [5.74, 6) is -0.799. The van der Waals surface area contributed by atoms with Gasteiger partial charge in [-0.2, -0.15) is 0 Å². The van der Waals surface area contributed by atoms with E-state index in [1.54, 1.807) is 49.4 Å². The van der Waals surface area contributed by atoms with Crippen LogP contribution in [0.1, 0.15) is 44.6 Å². The molecule has 10 heteroatoms. The highest BCUT2D eigenvalue weighted by molar-refractivity contribution is 7.92. The lowest BCUT2D eigenvalue weighted by atomic mass is 9.95. The summed E-state index contributed by atoms with van der Waals surface area (Å²) in [6, 6.07) is 12.6. The molecular weight excluding hydrogens is 509 g/mol. The van der Waals surface area contributed by atoms with Crippen molar-refractivity contribution in [3.8, 4) is 0 Å². The second-order valence-corrected chi connectivity index (χ2v) is 11.6. The van der Waals surface area contributed by atoms with E-state index >= 15 is 0 Å². The van der Waals surface area contributed by atoms with Crippen LogP contribution in [0.15, 0.2) is 48.5 Å². The topological polar surface area (TPSA) is 86.8 Å². The van der Waals surface area contributed by atoms with Crippen LogP contribution in [0, 0.1) is 0 Å². The first-order chi connectivity index (χ1) is 16.6. The molecule has 0 aromatic heterocycles. The number of sulfonamides is 1. The number of nitrogens with zero attached hydrogens (tertiary/aromatic N) is 2. The highest BCUT2D eigenvalue weighted by Crippen LogP contribution is 2.24. The third-order valence-electron chi connectivity index (χ3n) is 6.19. The molecule has 2 amide bonds. The van der Waals surface area contributed by atoms with E-state index in [0.29, 0.717) is 15.6 Å². The molecule has 0 saturated heterocycles. The van der Waals surface area contributed by atoms with Gasteiger partial charge in [0.2, 0.25) is 21.8 Å². The van der Waals surface area contributed by atoms with Crippen molar-refractivity contribution in [1.29, 1.82) is 0 Å². The maximum Gasteiger partial charge on any atom is 0.244 e. The number of amides is 2. The Morgan fingerprint density at radius 1 is 1.06 bits per heavy atom. The van der Waals surface area contributed by atoms with Crippen molar-refractivity contribution < 1.29 is 18.0 Å². The summed E-state index contributed by atoms with van der Waals surface area (Å²) in [5, 5.41) is 3.86. The standard InChI is InChI=1S/C25H31Cl2N3O4S/c1-18(25(32)28-21-11-4-3-5-12-21)29(16-19-9-6-7-14-23(19)27)24(31)17-30(35(2,33)34)22-13-8-10-20(26)15-22/h6-10,13-15,18,21H,3-5,11-12,16-17H2,1-2H3,(H,28,32)/t18-/m1/s1. The number of carbonyl (C=O) groups is 2. The average Bonchev–Trinajstić information content (AvgIpc) is 2.81. The van der Waals surface area contributed by atoms with Crippen LogP contribution in [-0.2, 0) is 26.2 Å².